The smallest absolute Gasteiger partial charge is 0.307 e. The van der Waals surface area contributed by atoms with E-state index in [2.05, 4.69) is 6.92 Å². The van der Waals surface area contributed by atoms with Gasteiger partial charge in [0.1, 0.15) is 0 Å². The fourth-order valence-electron chi connectivity index (χ4n) is 1.62. The van der Waals surface area contributed by atoms with E-state index < -0.39 is 0 Å². The Morgan fingerprint density at radius 3 is 2.35 bits per heavy atom. The highest BCUT2D eigenvalue weighted by atomic mass is 16.5. The lowest BCUT2D eigenvalue weighted by molar-refractivity contribution is -0.149. The Balaban J connectivity index is 3.65. The van der Waals surface area contributed by atoms with Crippen LogP contribution in [0.4, 0.5) is 0 Å². The molecule has 0 aromatic carbocycles. The molecule has 102 valence electrons. The van der Waals surface area contributed by atoms with Gasteiger partial charge in [-0.25, -0.2) is 0 Å². The van der Waals surface area contributed by atoms with Gasteiger partial charge in [0.2, 0.25) is 0 Å². The lowest BCUT2D eigenvalue weighted by Crippen LogP contribution is -2.31. The molecule has 0 heterocycles. The second kappa shape index (κ2) is 9.46. The summed E-state index contributed by atoms with van der Waals surface area (Å²) in [6, 6.07) is -0.0882. The van der Waals surface area contributed by atoms with Crippen molar-refractivity contribution in [3.05, 3.63) is 0 Å². The molecule has 0 aliphatic carbocycles. The molecule has 0 aromatic rings. The molecule has 2 N–H and O–H groups in total. The van der Waals surface area contributed by atoms with Gasteiger partial charge in [0.25, 0.3) is 0 Å². The molecule has 17 heavy (non-hydrogen) atoms. The predicted molar refractivity (Wildman–Crippen MR) is 71.7 cm³/mol. The molecule has 0 amide bonds. The van der Waals surface area contributed by atoms with E-state index >= 15 is 0 Å². The second-order valence-electron chi connectivity index (χ2n) is 5.26. The first-order chi connectivity index (χ1) is 7.97. The number of carbonyl (C=O) groups is 1. The van der Waals surface area contributed by atoms with Crippen LogP contribution in [0, 0.1) is 5.92 Å². The van der Waals surface area contributed by atoms with Crippen molar-refractivity contribution >= 4 is 5.97 Å². The lowest BCUT2D eigenvalue weighted by Gasteiger charge is -2.17. The molecule has 0 saturated heterocycles. The van der Waals surface area contributed by atoms with Gasteiger partial charge in [-0.3, -0.25) is 4.79 Å². The number of hydrogen-bond acceptors (Lipinski definition) is 3. The molecule has 2 atom stereocenters. The molecule has 0 bridgehead atoms. The second-order valence-corrected chi connectivity index (χ2v) is 5.26. The number of hydrogen-bond donors (Lipinski definition) is 1. The molecule has 3 heteroatoms. The van der Waals surface area contributed by atoms with E-state index in [1.165, 1.54) is 19.3 Å². The van der Waals surface area contributed by atoms with Crippen LogP contribution in [0.15, 0.2) is 0 Å². The summed E-state index contributed by atoms with van der Waals surface area (Å²) in [5, 5.41) is 0. The molecule has 0 saturated carbocycles. The van der Waals surface area contributed by atoms with E-state index in [1.54, 1.807) is 0 Å². The third kappa shape index (κ3) is 9.16. The Bertz CT molecular complexity index is 204. The zero-order chi connectivity index (χ0) is 13.3. The molecule has 0 fully saturated rings. The maximum atomic E-state index is 11.6. The Hall–Kier alpha value is -0.570. The highest BCUT2D eigenvalue weighted by molar-refractivity contribution is 5.70. The summed E-state index contributed by atoms with van der Waals surface area (Å²) in [5.74, 6) is 0.164. The van der Waals surface area contributed by atoms with Crippen molar-refractivity contribution in [2.75, 3.05) is 0 Å². The van der Waals surface area contributed by atoms with E-state index in [1.807, 2.05) is 20.8 Å². The van der Waals surface area contributed by atoms with Crippen molar-refractivity contribution in [1.82, 2.24) is 0 Å². The molecule has 2 unspecified atom stereocenters. The third-order valence-electron chi connectivity index (χ3n) is 3.06. The average Bonchev–Trinajstić information content (AvgIpc) is 2.24. The maximum Gasteiger partial charge on any atom is 0.307 e. The van der Waals surface area contributed by atoms with Gasteiger partial charge >= 0.3 is 5.97 Å². The molecule has 0 spiro atoms. The fraction of sp³-hybridized carbons (Fsp3) is 0.929. The lowest BCUT2D eigenvalue weighted by atomic mass is 10.0. The van der Waals surface area contributed by atoms with Crippen molar-refractivity contribution in [3.63, 3.8) is 0 Å². The number of unbranched alkanes of at least 4 members (excludes halogenated alkanes) is 3. The number of ether oxygens (including phenoxy) is 1. The Labute approximate surface area is 106 Å². The predicted octanol–water partition coefficient (Wildman–Crippen LogP) is 3.26. The van der Waals surface area contributed by atoms with Crippen LogP contribution >= 0.6 is 0 Å². The van der Waals surface area contributed by atoms with Crippen LogP contribution in [0.25, 0.3) is 0 Å². The first kappa shape index (κ1) is 16.4. The summed E-state index contributed by atoms with van der Waals surface area (Å²) in [4.78, 5) is 11.6. The zero-order valence-electron chi connectivity index (χ0n) is 11.9. The number of nitrogens with two attached hydrogens (primary N) is 1. The fourth-order valence-corrected chi connectivity index (χ4v) is 1.62. The maximum absolute atomic E-state index is 11.6. The molecule has 0 radical (unpaired) electrons. The Kier molecular flexibility index (Phi) is 9.14. The summed E-state index contributed by atoms with van der Waals surface area (Å²) in [7, 11) is 0. The van der Waals surface area contributed by atoms with Crippen LogP contribution in [-0.2, 0) is 9.53 Å². The third-order valence-corrected chi connectivity index (χ3v) is 3.06. The van der Waals surface area contributed by atoms with Crippen LogP contribution in [0.3, 0.4) is 0 Å². The van der Waals surface area contributed by atoms with Crippen LogP contribution in [-0.4, -0.2) is 18.1 Å². The standard InChI is InChI=1S/C14H29NO2/c1-5-6-7-8-9-12(4)17-14(16)10-13(15)11(2)3/h11-13H,5-10,15H2,1-4H3. The van der Waals surface area contributed by atoms with E-state index in [9.17, 15) is 4.79 Å². The normalized spacial score (nSPS) is 14.7. The van der Waals surface area contributed by atoms with Gasteiger partial charge in [-0.1, -0.05) is 40.0 Å². The van der Waals surface area contributed by atoms with Gasteiger partial charge < -0.3 is 10.5 Å². The van der Waals surface area contributed by atoms with Crippen LogP contribution in [0.1, 0.15) is 66.2 Å². The van der Waals surface area contributed by atoms with Crippen LogP contribution in [0.5, 0.6) is 0 Å². The monoisotopic (exact) mass is 243 g/mol. The highest BCUT2D eigenvalue weighted by Gasteiger charge is 2.16. The molecular weight excluding hydrogens is 214 g/mol. The van der Waals surface area contributed by atoms with Crippen LogP contribution in [0.2, 0.25) is 0 Å². The van der Waals surface area contributed by atoms with Crippen molar-refractivity contribution in [1.29, 1.82) is 0 Å². The summed E-state index contributed by atoms with van der Waals surface area (Å²) in [6.07, 6.45) is 6.18. The molecule has 0 aromatic heterocycles. The minimum atomic E-state index is -0.158. The zero-order valence-corrected chi connectivity index (χ0v) is 11.9. The van der Waals surface area contributed by atoms with Crippen molar-refractivity contribution < 1.29 is 9.53 Å². The van der Waals surface area contributed by atoms with Gasteiger partial charge in [-0.2, -0.15) is 0 Å². The van der Waals surface area contributed by atoms with E-state index in [0.29, 0.717) is 12.3 Å². The largest absolute Gasteiger partial charge is 0.463 e. The average molecular weight is 243 g/mol. The first-order valence-corrected chi connectivity index (χ1v) is 6.92. The highest BCUT2D eigenvalue weighted by Crippen LogP contribution is 2.10. The topological polar surface area (TPSA) is 52.3 Å². The van der Waals surface area contributed by atoms with Crippen molar-refractivity contribution in [2.45, 2.75) is 78.4 Å². The minimum Gasteiger partial charge on any atom is -0.463 e. The number of rotatable bonds is 9. The van der Waals surface area contributed by atoms with Crippen LogP contribution < -0.4 is 5.73 Å². The van der Waals surface area contributed by atoms with Gasteiger partial charge in [0.05, 0.1) is 12.5 Å². The quantitative estimate of drug-likeness (QED) is 0.499. The molecule has 0 rings (SSSR count). The van der Waals surface area contributed by atoms with Gasteiger partial charge in [0, 0.05) is 6.04 Å². The summed E-state index contributed by atoms with van der Waals surface area (Å²) < 4.78 is 5.33. The molecule has 3 nitrogen and oxygen atoms in total. The van der Waals surface area contributed by atoms with E-state index in [-0.39, 0.29) is 18.1 Å². The number of carbonyl (C=O) groups excluding carboxylic acids is 1. The molecular formula is C14H29NO2. The van der Waals surface area contributed by atoms with Gasteiger partial charge in [-0.05, 0) is 25.7 Å². The first-order valence-electron chi connectivity index (χ1n) is 6.92. The Morgan fingerprint density at radius 2 is 1.82 bits per heavy atom. The van der Waals surface area contributed by atoms with Crippen molar-refractivity contribution in [2.24, 2.45) is 11.7 Å². The Morgan fingerprint density at radius 1 is 1.18 bits per heavy atom. The van der Waals surface area contributed by atoms with E-state index in [0.717, 1.165) is 12.8 Å². The molecule has 0 aliphatic heterocycles. The van der Waals surface area contributed by atoms with E-state index in [4.69, 9.17) is 10.5 Å². The minimum absolute atomic E-state index is 0.0266. The molecule has 0 aliphatic rings. The summed E-state index contributed by atoms with van der Waals surface area (Å²) in [6.45, 7) is 8.19. The SMILES string of the molecule is CCCCCCC(C)OC(=O)CC(N)C(C)C. The van der Waals surface area contributed by atoms with Gasteiger partial charge in [-0.15, -0.1) is 0 Å². The number of esters is 1. The summed E-state index contributed by atoms with van der Waals surface area (Å²) in [5.41, 5.74) is 5.83. The van der Waals surface area contributed by atoms with Crippen molar-refractivity contribution in [3.8, 4) is 0 Å². The summed E-state index contributed by atoms with van der Waals surface area (Å²) >= 11 is 0. The van der Waals surface area contributed by atoms with Gasteiger partial charge in [0.15, 0.2) is 0 Å².